The van der Waals surface area contributed by atoms with Crippen molar-refractivity contribution in [1.29, 1.82) is 0 Å². The summed E-state index contributed by atoms with van der Waals surface area (Å²) in [7, 11) is 0. The van der Waals surface area contributed by atoms with Crippen LogP contribution in [-0.2, 0) is 11.2 Å². The van der Waals surface area contributed by atoms with Crippen LogP contribution in [-0.4, -0.2) is 11.8 Å². The average Bonchev–Trinajstić information content (AvgIpc) is 2.70. The van der Waals surface area contributed by atoms with Crippen molar-refractivity contribution in [2.45, 2.75) is 19.8 Å². The van der Waals surface area contributed by atoms with Crippen molar-refractivity contribution in [1.82, 2.24) is 0 Å². The molecule has 0 unspecified atom stereocenters. The molecule has 0 spiro atoms. The van der Waals surface area contributed by atoms with E-state index in [2.05, 4.69) is 10.6 Å². The van der Waals surface area contributed by atoms with E-state index in [9.17, 15) is 9.59 Å². The van der Waals surface area contributed by atoms with Crippen LogP contribution in [0.25, 0.3) is 0 Å². The first kappa shape index (κ1) is 18.4. The van der Waals surface area contributed by atoms with Gasteiger partial charge in [-0.05, 0) is 54.8 Å². The molecule has 2 N–H and O–H groups in total. The topological polar surface area (TPSA) is 58.2 Å². The first-order valence-corrected chi connectivity index (χ1v) is 8.92. The van der Waals surface area contributed by atoms with E-state index >= 15 is 0 Å². The number of carbonyl (C=O) groups excluding carboxylic acids is 2. The Kier molecular flexibility index (Phi) is 6.00. The standard InChI is InChI=1S/C23H22N2O2/c1-17-16-20(24-22(26)15-12-18-8-4-2-5-9-18)13-14-21(17)25-23(27)19-10-6-3-7-11-19/h2-11,13-14,16H,12,15H2,1H3,(H,24,26)(H,25,27). The summed E-state index contributed by atoms with van der Waals surface area (Å²) < 4.78 is 0. The Hall–Kier alpha value is -3.40. The van der Waals surface area contributed by atoms with Gasteiger partial charge in [0.1, 0.15) is 0 Å². The molecular weight excluding hydrogens is 336 g/mol. The van der Waals surface area contributed by atoms with Gasteiger partial charge in [-0.15, -0.1) is 0 Å². The van der Waals surface area contributed by atoms with Crippen molar-refractivity contribution in [3.63, 3.8) is 0 Å². The Morgan fingerprint density at radius 2 is 1.48 bits per heavy atom. The molecule has 0 atom stereocenters. The maximum atomic E-state index is 12.3. The van der Waals surface area contributed by atoms with E-state index in [1.54, 1.807) is 18.2 Å². The van der Waals surface area contributed by atoms with E-state index in [0.29, 0.717) is 18.4 Å². The van der Waals surface area contributed by atoms with E-state index in [1.807, 2.05) is 67.6 Å². The normalized spacial score (nSPS) is 10.3. The molecule has 0 saturated carbocycles. The van der Waals surface area contributed by atoms with Crippen LogP contribution >= 0.6 is 0 Å². The third-order valence-electron chi connectivity index (χ3n) is 4.28. The lowest BCUT2D eigenvalue weighted by Gasteiger charge is -2.11. The summed E-state index contributed by atoms with van der Waals surface area (Å²) in [4.78, 5) is 24.4. The number of hydrogen-bond acceptors (Lipinski definition) is 2. The highest BCUT2D eigenvalue weighted by atomic mass is 16.2. The van der Waals surface area contributed by atoms with Crippen LogP contribution in [0.2, 0.25) is 0 Å². The molecule has 2 amide bonds. The number of carbonyl (C=O) groups is 2. The van der Waals surface area contributed by atoms with Gasteiger partial charge in [-0.3, -0.25) is 9.59 Å². The zero-order chi connectivity index (χ0) is 19.1. The van der Waals surface area contributed by atoms with Gasteiger partial charge in [-0.2, -0.15) is 0 Å². The number of aryl methyl sites for hydroxylation is 2. The van der Waals surface area contributed by atoms with Crippen molar-refractivity contribution in [2.24, 2.45) is 0 Å². The zero-order valence-electron chi connectivity index (χ0n) is 15.2. The van der Waals surface area contributed by atoms with E-state index < -0.39 is 0 Å². The fourth-order valence-electron chi connectivity index (χ4n) is 2.79. The third kappa shape index (κ3) is 5.28. The number of nitrogens with one attached hydrogen (secondary N) is 2. The van der Waals surface area contributed by atoms with Crippen LogP contribution in [0.5, 0.6) is 0 Å². The number of benzene rings is 3. The molecule has 27 heavy (non-hydrogen) atoms. The largest absolute Gasteiger partial charge is 0.326 e. The fraction of sp³-hybridized carbons (Fsp3) is 0.130. The number of rotatable bonds is 6. The van der Waals surface area contributed by atoms with Crippen LogP contribution in [0.1, 0.15) is 27.9 Å². The van der Waals surface area contributed by atoms with Crippen molar-refractivity contribution < 1.29 is 9.59 Å². The molecule has 0 aliphatic rings. The number of amides is 2. The molecule has 0 aliphatic carbocycles. The Morgan fingerprint density at radius 1 is 0.815 bits per heavy atom. The highest BCUT2D eigenvalue weighted by Crippen LogP contribution is 2.21. The summed E-state index contributed by atoms with van der Waals surface area (Å²) in [6, 6.07) is 24.5. The van der Waals surface area contributed by atoms with Gasteiger partial charge < -0.3 is 10.6 Å². The van der Waals surface area contributed by atoms with Gasteiger partial charge in [-0.25, -0.2) is 0 Å². The van der Waals surface area contributed by atoms with Gasteiger partial charge in [0.25, 0.3) is 5.91 Å². The van der Waals surface area contributed by atoms with Crippen molar-refractivity contribution >= 4 is 23.2 Å². The van der Waals surface area contributed by atoms with Crippen LogP contribution in [0, 0.1) is 6.92 Å². The first-order valence-electron chi connectivity index (χ1n) is 8.92. The molecule has 0 fully saturated rings. The molecule has 4 heteroatoms. The highest BCUT2D eigenvalue weighted by Gasteiger charge is 2.09. The third-order valence-corrected chi connectivity index (χ3v) is 4.28. The molecule has 3 aromatic carbocycles. The number of anilines is 2. The van der Waals surface area contributed by atoms with Gasteiger partial charge in [-0.1, -0.05) is 48.5 Å². The van der Waals surface area contributed by atoms with E-state index in [0.717, 1.165) is 22.5 Å². The second kappa shape index (κ2) is 8.81. The Labute approximate surface area is 159 Å². The van der Waals surface area contributed by atoms with Crippen LogP contribution in [0.4, 0.5) is 11.4 Å². The minimum atomic E-state index is -0.154. The summed E-state index contributed by atoms with van der Waals surface area (Å²) in [5.41, 5.74) is 4.09. The summed E-state index contributed by atoms with van der Waals surface area (Å²) in [6.07, 6.45) is 1.13. The van der Waals surface area contributed by atoms with Gasteiger partial charge in [0.15, 0.2) is 0 Å². The van der Waals surface area contributed by atoms with Crippen molar-refractivity contribution in [2.75, 3.05) is 10.6 Å². The molecule has 0 aliphatic heterocycles. The Morgan fingerprint density at radius 3 is 2.15 bits per heavy atom. The maximum Gasteiger partial charge on any atom is 0.255 e. The lowest BCUT2D eigenvalue weighted by molar-refractivity contribution is -0.116. The second-order valence-corrected chi connectivity index (χ2v) is 6.38. The van der Waals surface area contributed by atoms with Crippen molar-refractivity contribution in [3.05, 3.63) is 95.6 Å². The minimum absolute atomic E-state index is 0.0284. The predicted octanol–water partition coefficient (Wildman–Crippen LogP) is 4.82. The monoisotopic (exact) mass is 358 g/mol. The molecule has 136 valence electrons. The molecule has 0 saturated heterocycles. The molecular formula is C23H22N2O2. The summed E-state index contributed by atoms with van der Waals surface area (Å²) in [6.45, 7) is 1.90. The minimum Gasteiger partial charge on any atom is -0.326 e. The molecule has 0 heterocycles. The molecule has 0 bridgehead atoms. The van der Waals surface area contributed by atoms with Gasteiger partial charge in [0, 0.05) is 23.4 Å². The Bertz CT molecular complexity index is 922. The maximum absolute atomic E-state index is 12.3. The van der Waals surface area contributed by atoms with E-state index in [-0.39, 0.29) is 11.8 Å². The number of hydrogen-bond donors (Lipinski definition) is 2. The summed E-state index contributed by atoms with van der Waals surface area (Å²) in [5.74, 6) is -0.183. The quantitative estimate of drug-likeness (QED) is 0.664. The first-order chi connectivity index (χ1) is 13.1. The van der Waals surface area contributed by atoms with E-state index in [4.69, 9.17) is 0 Å². The summed E-state index contributed by atoms with van der Waals surface area (Å²) >= 11 is 0. The van der Waals surface area contributed by atoms with Crippen LogP contribution in [0.3, 0.4) is 0 Å². The Balaban J connectivity index is 1.57. The van der Waals surface area contributed by atoms with E-state index in [1.165, 1.54) is 0 Å². The smallest absolute Gasteiger partial charge is 0.255 e. The molecule has 0 radical (unpaired) electrons. The average molecular weight is 358 g/mol. The molecule has 0 aromatic heterocycles. The molecule has 4 nitrogen and oxygen atoms in total. The van der Waals surface area contributed by atoms with Crippen LogP contribution in [0.15, 0.2) is 78.9 Å². The summed E-state index contributed by atoms with van der Waals surface area (Å²) in [5, 5.41) is 5.82. The predicted molar refractivity (Wildman–Crippen MR) is 109 cm³/mol. The van der Waals surface area contributed by atoms with Gasteiger partial charge in [0.2, 0.25) is 5.91 Å². The second-order valence-electron chi connectivity index (χ2n) is 6.38. The lowest BCUT2D eigenvalue weighted by atomic mass is 10.1. The van der Waals surface area contributed by atoms with Gasteiger partial charge >= 0.3 is 0 Å². The zero-order valence-corrected chi connectivity index (χ0v) is 15.2. The molecule has 3 aromatic rings. The van der Waals surface area contributed by atoms with Crippen molar-refractivity contribution in [3.8, 4) is 0 Å². The van der Waals surface area contributed by atoms with Gasteiger partial charge in [0.05, 0.1) is 0 Å². The lowest BCUT2D eigenvalue weighted by Crippen LogP contribution is -2.14. The molecule has 3 rings (SSSR count). The fourth-order valence-corrected chi connectivity index (χ4v) is 2.79. The SMILES string of the molecule is Cc1cc(NC(=O)CCc2ccccc2)ccc1NC(=O)c1ccccc1. The van der Waals surface area contributed by atoms with Crippen LogP contribution < -0.4 is 10.6 Å². The highest BCUT2D eigenvalue weighted by molar-refractivity contribution is 6.04.